The lowest BCUT2D eigenvalue weighted by Crippen LogP contribution is -2.26. The molecule has 0 aromatic carbocycles. The predicted molar refractivity (Wildman–Crippen MR) is 87.2 cm³/mol. The maximum Gasteiger partial charge on any atom is 0.274 e. The van der Waals surface area contributed by atoms with Crippen molar-refractivity contribution in [3.8, 4) is 0 Å². The van der Waals surface area contributed by atoms with Gasteiger partial charge in [-0.3, -0.25) is 10.1 Å². The van der Waals surface area contributed by atoms with Gasteiger partial charge in [-0.05, 0) is 39.1 Å². The number of ether oxygens (including phenoxy) is 1. The van der Waals surface area contributed by atoms with Crippen molar-refractivity contribution in [2.45, 2.75) is 26.5 Å². The number of furan rings is 1. The van der Waals surface area contributed by atoms with Crippen molar-refractivity contribution in [1.29, 1.82) is 0 Å². The zero-order valence-electron chi connectivity index (χ0n) is 14.2. The minimum atomic E-state index is -0.500. The summed E-state index contributed by atoms with van der Waals surface area (Å²) in [5.74, 6) is 2.15. The second-order valence-electron chi connectivity index (χ2n) is 5.47. The molecule has 0 atom stereocenters. The van der Waals surface area contributed by atoms with Gasteiger partial charge in [0.15, 0.2) is 5.82 Å². The summed E-state index contributed by atoms with van der Waals surface area (Å²) in [4.78, 5) is 11.9. The van der Waals surface area contributed by atoms with Gasteiger partial charge in [0, 0.05) is 20.2 Å². The standard InChI is InChI=1S/C15H26N4O4/c1-12-8-13(23-14(12)9-18(3)4)11-22-7-5-6-17-15(16-2)10-19(20)21/h8,10,16-17H,5-7,9,11H2,1-4H3. The van der Waals surface area contributed by atoms with Gasteiger partial charge in [0.2, 0.25) is 0 Å². The Morgan fingerprint density at radius 3 is 2.87 bits per heavy atom. The molecule has 1 rings (SSSR count). The van der Waals surface area contributed by atoms with Crippen LogP contribution < -0.4 is 10.6 Å². The smallest absolute Gasteiger partial charge is 0.274 e. The van der Waals surface area contributed by atoms with Crippen LogP contribution in [0.5, 0.6) is 0 Å². The van der Waals surface area contributed by atoms with Crippen molar-refractivity contribution in [3.05, 3.63) is 45.3 Å². The van der Waals surface area contributed by atoms with Gasteiger partial charge in [-0.1, -0.05) is 0 Å². The molecule has 0 fully saturated rings. The molecule has 0 unspecified atom stereocenters. The van der Waals surface area contributed by atoms with E-state index in [4.69, 9.17) is 9.15 Å². The van der Waals surface area contributed by atoms with Crippen LogP contribution in [0.25, 0.3) is 0 Å². The third-order valence-electron chi connectivity index (χ3n) is 3.06. The Morgan fingerprint density at radius 2 is 2.26 bits per heavy atom. The van der Waals surface area contributed by atoms with Crippen LogP contribution in [0.1, 0.15) is 23.5 Å². The van der Waals surface area contributed by atoms with Crippen LogP contribution in [0, 0.1) is 17.0 Å². The van der Waals surface area contributed by atoms with Gasteiger partial charge in [0.05, 0.1) is 11.5 Å². The molecule has 1 heterocycles. The van der Waals surface area contributed by atoms with Gasteiger partial charge >= 0.3 is 0 Å². The lowest BCUT2D eigenvalue weighted by atomic mass is 10.2. The largest absolute Gasteiger partial charge is 0.462 e. The molecular weight excluding hydrogens is 300 g/mol. The molecule has 0 saturated heterocycles. The van der Waals surface area contributed by atoms with Crippen LogP contribution >= 0.6 is 0 Å². The predicted octanol–water partition coefficient (Wildman–Crippen LogP) is 1.44. The van der Waals surface area contributed by atoms with Crippen LogP contribution in [0.15, 0.2) is 22.5 Å². The first-order chi connectivity index (χ1) is 10.9. The Balaban J connectivity index is 2.24. The average Bonchev–Trinajstić information content (AvgIpc) is 2.80. The van der Waals surface area contributed by atoms with Gasteiger partial charge in [-0.15, -0.1) is 0 Å². The van der Waals surface area contributed by atoms with Gasteiger partial charge in [-0.25, -0.2) is 0 Å². The average molecular weight is 326 g/mol. The first-order valence-electron chi connectivity index (χ1n) is 7.50. The van der Waals surface area contributed by atoms with Gasteiger partial charge < -0.3 is 24.7 Å². The topological polar surface area (TPSA) is 92.8 Å². The lowest BCUT2D eigenvalue weighted by Gasteiger charge is -2.08. The highest BCUT2D eigenvalue weighted by atomic mass is 16.6. The molecule has 130 valence electrons. The minimum absolute atomic E-state index is 0.380. The Morgan fingerprint density at radius 1 is 1.52 bits per heavy atom. The molecular formula is C15H26N4O4. The SMILES string of the molecule is CNC(=C[N+](=O)[O-])NCCCOCc1cc(C)c(CN(C)C)o1. The van der Waals surface area contributed by atoms with Gasteiger partial charge in [-0.2, -0.15) is 0 Å². The molecule has 0 spiro atoms. The highest BCUT2D eigenvalue weighted by molar-refractivity contribution is 5.19. The molecule has 1 aromatic heterocycles. The number of nitro groups is 1. The van der Waals surface area contributed by atoms with Gasteiger partial charge in [0.1, 0.15) is 18.1 Å². The number of nitrogens with zero attached hydrogens (tertiary/aromatic N) is 2. The number of hydrogen-bond acceptors (Lipinski definition) is 7. The van der Waals surface area contributed by atoms with E-state index in [0.717, 1.165) is 36.2 Å². The fourth-order valence-electron chi connectivity index (χ4n) is 1.98. The second kappa shape index (κ2) is 9.86. The van der Waals surface area contributed by atoms with Crippen LogP contribution in [-0.4, -0.2) is 44.1 Å². The summed E-state index contributed by atoms with van der Waals surface area (Å²) in [5, 5.41) is 16.0. The van der Waals surface area contributed by atoms with E-state index in [1.165, 1.54) is 0 Å². The zero-order chi connectivity index (χ0) is 17.2. The Bertz CT molecular complexity index is 526. The van der Waals surface area contributed by atoms with Crippen molar-refractivity contribution < 1.29 is 14.1 Å². The summed E-state index contributed by atoms with van der Waals surface area (Å²) in [7, 11) is 5.62. The molecule has 23 heavy (non-hydrogen) atoms. The summed E-state index contributed by atoms with van der Waals surface area (Å²) in [6.45, 7) is 4.36. The van der Waals surface area contributed by atoms with E-state index < -0.39 is 4.92 Å². The van der Waals surface area contributed by atoms with Crippen LogP contribution in [0.4, 0.5) is 0 Å². The molecule has 8 nitrogen and oxygen atoms in total. The highest BCUT2D eigenvalue weighted by Crippen LogP contribution is 2.16. The summed E-state index contributed by atoms with van der Waals surface area (Å²) < 4.78 is 11.3. The third-order valence-corrected chi connectivity index (χ3v) is 3.06. The molecule has 2 N–H and O–H groups in total. The van der Waals surface area contributed by atoms with Crippen LogP contribution in [-0.2, 0) is 17.9 Å². The molecule has 0 amide bonds. The Labute approximate surface area is 136 Å². The minimum Gasteiger partial charge on any atom is -0.462 e. The number of hydrogen-bond donors (Lipinski definition) is 2. The summed E-state index contributed by atoms with van der Waals surface area (Å²) in [6, 6.07) is 2.00. The molecule has 0 aliphatic heterocycles. The highest BCUT2D eigenvalue weighted by Gasteiger charge is 2.08. The lowest BCUT2D eigenvalue weighted by molar-refractivity contribution is -0.404. The maximum atomic E-state index is 10.4. The number of nitrogens with one attached hydrogen (secondary N) is 2. The summed E-state index contributed by atoms with van der Waals surface area (Å²) in [5.41, 5.74) is 1.13. The van der Waals surface area contributed by atoms with Crippen LogP contribution in [0.3, 0.4) is 0 Å². The first-order valence-corrected chi connectivity index (χ1v) is 7.50. The fraction of sp³-hybridized carbons (Fsp3) is 0.600. The monoisotopic (exact) mass is 326 g/mol. The van der Waals surface area contributed by atoms with E-state index in [-0.39, 0.29) is 0 Å². The Hall–Kier alpha value is -2.06. The first kappa shape index (κ1) is 19.0. The molecule has 0 aliphatic carbocycles. The quantitative estimate of drug-likeness (QED) is 0.361. The van der Waals surface area contributed by atoms with E-state index >= 15 is 0 Å². The second-order valence-corrected chi connectivity index (χ2v) is 5.47. The van der Waals surface area contributed by atoms with E-state index in [2.05, 4.69) is 15.5 Å². The third kappa shape index (κ3) is 7.66. The van der Waals surface area contributed by atoms with E-state index in [9.17, 15) is 10.1 Å². The fourth-order valence-corrected chi connectivity index (χ4v) is 1.98. The molecule has 8 heteroatoms. The van der Waals surface area contributed by atoms with Crippen molar-refractivity contribution >= 4 is 0 Å². The maximum absolute atomic E-state index is 10.4. The van der Waals surface area contributed by atoms with E-state index in [0.29, 0.717) is 25.6 Å². The number of rotatable bonds is 11. The Kier molecular flexibility index (Phi) is 8.14. The number of aryl methyl sites for hydroxylation is 1. The van der Waals surface area contributed by atoms with Crippen molar-refractivity contribution in [1.82, 2.24) is 15.5 Å². The molecule has 0 saturated carbocycles. The van der Waals surface area contributed by atoms with E-state index in [1.807, 2.05) is 27.1 Å². The normalized spacial score (nSPS) is 11.8. The van der Waals surface area contributed by atoms with Crippen molar-refractivity contribution in [3.63, 3.8) is 0 Å². The summed E-state index contributed by atoms with van der Waals surface area (Å²) in [6.07, 6.45) is 1.64. The summed E-state index contributed by atoms with van der Waals surface area (Å²) >= 11 is 0. The van der Waals surface area contributed by atoms with Crippen molar-refractivity contribution in [2.75, 3.05) is 34.3 Å². The van der Waals surface area contributed by atoms with E-state index in [1.54, 1.807) is 7.05 Å². The zero-order valence-corrected chi connectivity index (χ0v) is 14.2. The van der Waals surface area contributed by atoms with Crippen LogP contribution in [0.2, 0.25) is 0 Å². The molecule has 0 radical (unpaired) electrons. The van der Waals surface area contributed by atoms with Gasteiger partial charge in [0.25, 0.3) is 6.20 Å². The van der Waals surface area contributed by atoms with Crippen molar-refractivity contribution in [2.24, 2.45) is 0 Å². The molecule has 0 aliphatic rings. The molecule has 0 bridgehead atoms. The molecule has 1 aromatic rings.